The number of ether oxygens (including phenoxy) is 1. The minimum atomic E-state index is -0.498. The Morgan fingerprint density at radius 2 is 1.62 bits per heavy atom. The number of pyridine rings is 1. The number of benzene rings is 1. The van der Waals surface area contributed by atoms with Crippen LogP contribution in [0, 0.1) is 11.8 Å². The number of carbonyl (C=O) groups excluding carboxylic acids is 3. The van der Waals surface area contributed by atoms with Crippen LogP contribution in [0.2, 0.25) is 0 Å². The first-order chi connectivity index (χ1) is 17.6. The van der Waals surface area contributed by atoms with Gasteiger partial charge in [0.15, 0.2) is 5.78 Å². The summed E-state index contributed by atoms with van der Waals surface area (Å²) in [6.45, 7) is 8.35. The number of aromatic nitrogens is 1. The Hall–Kier alpha value is -3.26. The van der Waals surface area contributed by atoms with E-state index in [0.717, 1.165) is 41.5 Å². The molecule has 2 heterocycles. The number of nitrogens with zero attached hydrogens (tertiary/aromatic N) is 1. The Kier molecular flexibility index (Phi) is 8.27. The van der Waals surface area contributed by atoms with E-state index in [9.17, 15) is 14.4 Å². The van der Waals surface area contributed by atoms with Crippen LogP contribution in [-0.4, -0.2) is 41.5 Å². The molecule has 0 saturated heterocycles. The highest BCUT2D eigenvalue weighted by Gasteiger charge is 2.24. The van der Waals surface area contributed by atoms with Gasteiger partial charge in [0.1, 0.15) is 5.60 Å². The van der Waals surface area contributed by atoms with Crippen molar-refractivity contribution in [3.05, 3.63) is 52.9 Å². The Morgan fingerprint density at radius 3 is 2.24 bits per heavy atom. The van der Waals surface area contributed by atoms with Crippen LogP contribution in [-0.2, 0) is 4.74 Å². The molecule has 2 aromatic heterocycles. The number of nitrogens with one attached hydrogen (secondary N) is 2. The first-order valence-electron chi connectivity index (χ1n) is 12.8. The first-order valence-corrected chi connectivity index (χ1v) is 13.7. The number of carbonyl (C=O) groups is 3. The van der Waals surface area contributed by atoms with Gasteiger partial charge in [0.2, 0.25) is 0 Å². The summed E-state index contributed by atoms with van der Waals surface area (Å²) in [6, 6.07) is 13.2. The Morgan fingerprint density at radius 1 is 0.973 bits per heavy atom. The van der Waals surface area contributed by atoms with Crippen molar-refractivity contribution in [1.82, 2.24) is 15.6 Å². The second kappa shape index (κ2) is 11.4. The summed E-state index contributed by atoms with van der Waals surface area (Å²) in [5, 5.41) is 6.84. The predicted molar refractivity (Wildman–Crippen MR) is 147 cm³/mol. The van der Waals surface area contributed by atoms with Gasteiger partial charge in [-0.3, -0.25) is 9.59 Å². The van der Waals surface area contributed by atoms with Crippen LogP contribution in [0.4, 0.5) is 4.79 Å². The van der Waals surface area contributed by atoms with Crippen molar-refractivity contribution in [3.8, 4) is 10.6 Å². The van der Waals surface area contributed by atoms with Crippen LogP contribution in [0.5, 0.6) is 0 Å². The Balaban J connectivity index is 1.36. The third kappa shape index (κ3) is 7.16. The van der Waals surface area contributed by atoms with Crippen LogP contribution in [0.1, 0.15) is 73.4 Å². The van der Waals surface area contributed by atoms with Crippen molar-refractivity contribution in [2.24, 2.45) is 11.8 Å². The molecule has 7 nitrogen and oxygen atoms in total. The summed E-state index contributed by atoms with van der Waals surface area (Å²) in [5.74, 6) is 0.740. The lowest BCUT2D eigenvalue weighted by Gasteiger charge is -2.29. The third-order valence-corrected chi connectivity index (χ3v) is 7.83. The summed E-state index contributed by atoms with van der Waals surface area (Å²) in [5.41, 5.74) is 1.54. The molecule has 0 atom stereocenters. The van der Waals surface area contributed by atoms with Gasteiger partial charge in [-0.15, -0.1) is 11.3 Å². The maximum atomic E-state index is 13.3. The highest BCUT2D eigenvalue weighted by molar-refractivity contribution is 7.17. The second-order valence-corrected chi connectivity index (χ2v) is 11.9. The molecular weight excluding hydrogens is 486 g/mol. The third-order valence-electron chi connectivity index (χ3n) is 6.62. The zero-order valence-corrected chi connectivity index (χ0v) is 22.7. The van der Waals surface area contributed by atoms with Crippen LogP contribution in [0.25, 0.3) is 21.5 Å². The molecule has 1 aliphatic rings. The molecule has 0 bridgehead atoms. The van der Waals surface area contributed by atoms with Gasteiger partial charge in [0, 0.05) is 18.5 Å². The number of fused-ring (bicyclic) bond motifs is 1. The van der Waals surface area contributed by atoms with Gasteiger partial charge in [0.25, 0.3) is 5.91 Å². The number of thiophene rings is 1. The molecular formula is C29H35N3O4S. The Bertz CT molecular complexity index is 1290. The monoisotopic (exact) mass is 521 g/mol. The number of Topliss-reactive ketones (excluding diaryl/α,β-unsaturated/α-hetero) is 1. The lowest BCUT2D eigenvalue weighted by atomic mass is 9.82. The second-order valence-electron chi connectivity index (χ2n) is 10.8. The van der Waals surface area contributed by atoms with Gasteiger partial charge < -0.3 is 15.4 Å². The molecule has 0 unspecified atom stereocenters. The molecule has 1 saturated carbocycles. The normalized spacial score (nSPS) is 17.8. The summed E-state index contributed by atoms with van der Waals surface area (Å²) >= 11 is 1.39. The minimum absolute atomic E-state index is 0.0188. The van der Waals surface area contributed by atoms with Crippen molar-refractivity contribution >= 4 is 40.0 Å². The minimum Gasteiger partial charge on any atom is -0.444 e. The predicted octanol–water partition coefficient (Wildman–Crippen LogP) is 6.23. The molecule has 4 rings (SSSR count). The van der Waals surface area contributed by atoms with Gasteiger partial charge >= 0.3 is 6.09 Å². The largest absolute Gasteiger partial charge is 0.444 e. The molecule has 8 heteroatoms. The molecule has 37 heavy (non-hydrogen) atoms. The van der Waals surface area contributed by atoms with Crippen molar-refractivity contribution in [2.75, 3.05) is 13.1 Å². The summed E-state index contributed by atoms with van der Waals surface area (Å²) in [7, 11) is 0. The van der Waals surface area contributed by atoms with Crippen LogP contribution in [0.3, 0.4) is 0 Å². The van der Waals surface area contributed by atoms with Crippen LogP contribution < -0.4 is 10.6 Å². The fraction of sp³-hybridized carbons (Fsp3) is 0.448. The molecule has 0 spiro atoms. The van der Waals surface area contributed by atoms with E-state index in [0.29, 0.717) is 41.1 Å². The summed E-state index contributed by atoms with van der Waals surface area (Å²) in [4.78, 5) is 43.3. The lowest BCUT2D eigenvalue weighted by molar-refractivity contribution is 0.0512. The van der Waals surface area contributed by atoms with Gasteiger partial charge in [-0.1, -0.05) is 18.2 Å². The molecule has 1 fully saturated rings. The van der Waals surface area contributed by atoms with Crippen molar-refractivity contribution in [3.63, 3.8) is 0 Å². The molecule has 0 aliphatic heterocycles. The van der Waals surface area contributed by atoms with Gasteiger partial charge in [-0.05, 0) is 89.5 Å². The van der Waals surface area contributed by atoms with E-state index in [4.69, 9.17) is 9.72 Å². The highest BCUT2D eigenvalue weighted by Crippen LogP contribution is 2.31. The van der Waals surface area contributed by atoms with E-state index < -0.39 is 5.60 Å². The quantitative estimate of drug-likeness (QED) is 0.359. The van der Waals surface area contributed by atoms with E-state index in [-0.39, 0.29) is 17.8 Å². The van der Waals surface area contributed by atoms with E-state index in [2.05, 4.69) is 10.6 Å². The molecule has 2 amide bonds. The van der Waals surface area contributed by atoms with E-state index in [1.54, 1.807) is 13.0 Å². The van der Waals surface area contributed by atoms with Crippen LogP contribution >= 0.6 is 11.3 Å². The zero-order chi connectivity index (χ0) is 26.6. The number of amides is 2. The van der Waals surface area contributed by atoms with Gasteiger partial charge in [-0.2, -0.15) is 0 Å². The number of rotatable bonds is 7. The lowest BCUT2D eigenvalue weighted by Crippen LogP contribution is -2.37. The average Bonchev–Trinajstić information content (AvgIpc) is 3.36. The average molecular weight is 522 g/mol. The maximum absolute atomic E-state index is 13.3. The SMILES string of the molecule is CC(=O)c1ccc(-c2cc(C(=O)NC[C@H]3CC[C@H](CNC(=O)OC(C)(C)C)CC3)c3ccccc3n2)s1. The van der Waals surface area contributed by atoms with Gasteiger partial charge in [0.05, 0.1) is 26.5 Å². The molecule has 1 aliphatic carbocycles. The van der Waals surface area contributed by atoms with Crippen molar-refractivity contribution in [2.45, 2.75) is 59.0 Å². The smallest absolute Gasteiger partial charge is 0.407 e. The molecule has 2 N–H and O–H groups in total. The number of ketones is 1. The summed E-state index contributed by atoms with van der Waals surface area (Å²) < 4.78 is 5.32. The first kappa shape index (κ1) is 26.8. The molecule has 0 radical (unpaired) electrons. The Labute approximate surface area is 222 Å². The van der Waals surface area contributed by atoms with Crippen LogP contribution in [0.15, 0.2) is 42.5 Å². The fourth-order valence-corrected chi connectivity index (χ4v) is 5.53. The van der Waals surface area contributed by atoms with E-state index in [1.165, 1.54) is 11.3 Å². The molecule has 1 aromatic carbocycles. The number of hydrogen-bond donors (Lipinski definition) is 2. The van der Waals surface area contributed by atoms with Crippen molar-refractivity contribution < 1.29 is 19.1 Å². The van der Waals surface area contributed by atoms with Gasteiger partial charge in [-0.25, -0.2) is 9.78 Å². The molecule has 196 valence electrons. The number of hydrogen-bond acceptors (Lipinski definition) is 6. The van der Waals surface area contributed by atoms with Crippen molar-refractivity contribution in [1.29, 1.82) is 0 Å². The maximum Gasteiger partial charge on any atom is 0.407 e. The number of para-hydroxylation sites is 1. The standard InChI is InChI=1S/C29H35N3O4S/c1-18(33)25-13-14-26(37-25)24-15-22(21-7-5-6-8-23(21)32-24)27(34)30-16-19-9-11-20(12-10-19)17-31-28(35)36-29(2,3)4/h5-8,13-15,19-20H,9-12,16-17H2,1-4H3,(H,30,34)(H,31,35)/t19-,20-. The van der Waals surface area contributed by atoms with E-state index >= 15 is 0 Å². The van der Waals surface area contributed by atoms with E-state index in [1.807, 2.05) is 57.2 Å². The highest BCUT2D eigenvalue weighted by atomic mass is 32.1. The molecule has 3 aromatic rings. The number of alkyl carbamates (subject to hydrolysis) is 1. The fourth-order valence-electron chi connectivity index (χ4n) is 4.67. The zero-order valence-electron chi connectivity index (χ0n) is 21.9. The summed E-state index contributed by atoms with van der Waals surface area (Å²) in [6.07, 6.45) is 3.66. The topological polar surface area (TPSA) is 97.4 Å².